The summed E-state index contributed by atoms with van der Waals surface area (Å²) in [5.41, 5.74) is 0. The number of rotatable bonds is 3. The third kappa shape index (κ3) is 2.16. The Hall–Kier alpha value is -0.240. The predicted octanol–water partition coefficient (Wildman–Crippen LogP) is 1.78. The van der Waals surface area contributed by atoms with Gasteiger partial charge in [0.1, 0.15) is 0 Å². The van der Waals surface area contributed by atoms with Crippen LogP contribution in [0.2, 0.25) is 0 Å². The van der Waals surface area contributed by atoms with E-state index < -0.39 is 0 Å². The lowest BCUT2D eigenvalue weighted by Crippen LogP contribution is -2.33. The minimum absolute atomic E-state index is 0.0416. The average Bonchev–Trinajstić information content (AvgIpc) is 2.69. The SMILES string of the molecule is CC(Cl)CNC(=O)C1CC2CC2C1. The molecule has 0 aromatic carbocycles. The monoisotopic (exact) mass is 201 g/mol. The van der Waals surface area contributed by atoms with Crippen LogP contribution in [0.4, 0.5) is 0 Å². The molecule has 2 fully saturated rings. The molecule has 2 saturated carbocycles. The van der Waals surface area contributed by atoms with E-state index in [4.69, 9.17) is 11.6 Å². The predicted molar refractivity (Wildman–Crippen MR) is 52.6 cm³/mol. The molecule has 0 aromatic heterocycles. The van der Waals surface area contributed by atoms with Gasteiger partial charge in [0, 0.05) is 17.8 Å². The Morgan fingerprint density at radius 2 is 2.08 bits per heavy atom. The molecule has 0 radical (unpaired) electrons. The van der Waals surface area contributed by atoms with Gasteiger partial charge < -0.3 is 5.32 Å². The highest BCUT2D eigenvalue weighted by molar-refractivity contribution is 6.20. The first-order valence-corrected chi connectivity index (χ1v) is 5.52. The standard InChI is InChI=1S/C10H16ClNO/c1-6(11)5-12-10(13)9-3-7-2-8(7)4-9/h6-9H,2-5H2,1H3,(H,12,13). The Morgan fingerprint density at radius 1 is 1.46 bits per heavy atom. The van der Waals surface area contributed by atoms with Crippen LogP contribution in [0.5, 0.6) is 0 Å². The molecule has 2 aliphatic carbocycles. The lowest BCUT2D eigenvalue weighted by atomic mass is 10.0. The fourth-order valence-electron chi connectivity index (χ4n) is 2.31. The molecular weight excluding hydrogens is 186 g/mol. The van der Waals surface area contributed by atoms with Gasteiger partial charge in [-0.05, 0) is 38.0 Å². The van der Waals surface area contributed by atoms with Gasteiger partial charge in [-0.1, -0.05) is 0 Å². The summed E-state index contributed by atoms with van der Waals surface area (Å²) in [7, 11) is 0. The van der Waals surface area contributed by atoms with Crippen LogP contribution >= 0.6 is 11.6 Å². The lowest BCUT2D eigenvalue weighted by molar-refractivity contribution is -0.125. The third-order valence-electron chi connectivity index (χ3n) is 3.17. The number of hydrogen-bond donors (Lipinski definition) is 1. The zero-order chi connectivity index (χ0) is 9.42. The number of alkyl halides is 1. The van der Waals surface area contributed by atoms with E-state index in [0.717, 1.165) is 24.7 Å². The molecule has 0 heterocycles. The van der Waals surface area contributed by atoms with Gasteiger partial charge in [0.25, 0.3) is 0 Å². The molecule has 3 heteroatoms. The Bertz CT molecular complexity index is 207. The molecule has 0 saturated heterocycles. The highest BCUT2D eigenvalue weighted by Crippen LogP contribution is 2.54. The summed E-state index contributed by atoms with van der Waals surface area (Å²) in [6.45, 7) is 2.50. The fourth-order valence-corrected chi connectivity index (χ4v) is 2.39. The molecule has 2 aliphatic rings. The van der Waals surface area contributed by atoms with Crippen molar-refractivity contribution in [2.45, 2.75) is 31.6 Å². The van der Waals surface area contributed by atoms with Gasteiger partial charge in [-0.15, -0.1) is 11.6 Å². The minimum atomic E-state index is 0.0416. The first-order chi connectivity index (χ1) is 6.16. The molecule has 0 aliphatic heterocycles. The van der Waals surface area contributed by atoms with Crippen LogP contribution in [-0.2, 0) is 4.79 Å². The molecule has 2 rings (SSSR count). The summed E-state index contributed by atoms with van der Waals surface area (Å²) < 4.78 is 0. The van der Waals surface area contributed by atoms with E-state index in [-0.39, 0.29) is 11.3 Å². The minimum Gasteiger partial charge on any atom is -0.354 e. The number of hydrogen-bond acceptors (Lipinski definition) is 1. The zero-order valence-corrected chi connectivity index (χ0v) is 8.68. The first kappa shape index (κ1) is 9.32. The molecule has 13 heavy (non-hydrogen) atoms. The number of amides is 1. The summed E-state index contributed by atoms with van der Waals surface area (Å²) in [6.07, 6.45) is 3.61. The van der Waals surface area contributed by atoms with Crippen molar-refractivity contribution in [2.24, 2.45) is 17.8 Å². The molecule has 1 amide bonds. The number of fused-ring (bicyclic) bond motifs is 1. The maximum atomic E-state index is 11.5. The van der Waals surface area contributed by atoms with Crippen molar-refractivity contribution in [1.29, 1.82) is 0 Å². The number of halogens is 1. The van der Waals surface area contributed by atoms with Gasteiger partial charge in [0.05, 0.1) is 0 Å². The van der Waals surface area contributed by atoms with Crippen LogP contribution in [0, 0.1) is 17.8 Å². The van der Waals surface area contributed by atoms with Crippen molar-refractivity contribution in [3.8, 4) is 0 Å². The van der Waals surface area contributed by atoms with Gasteiger partial charge in [0.15, 0.2) is 0 Å². The van der Waals surface area contributed by atoms with Gasteiger partial charge in [-0.2, -0.15) is 0 Å². The smallest absolute Gasteiger partial charge is 0.223 e. The first-order valence-electron chi connectivity index (χ1n) is 5.08. The second-order valence-corrected chi connectivity index (χ2v) is 5.20. The second kappa shape index (κ2) is 3.49. The van der Waals surface area contributed by atoms with Crippen molar-refractivity contribution in [3.05, 3.63) is 0 Å². The summed E-state index contributed by atoms with van der Waals surface area (Å²) >= 11 is 5.75. The van der Waals surface area contributed by atoms with E-state index in [1.807, 2.05) is 6.92 Å². The number of nitrogens with one attached hydrogen (secondary N) is 1. The highest BCUT2D eigenvalue weighted by Gasteiger charge is 2.47. The maximum Gasteiger partial charge on any atom is 0.223 e. The molecule has 0 bridgehead atoms. The molecule has 74 valence electrons. The van der Waals surface area contributed by atoms with E-state index in [9.17, 15) is 4.79 Å². The number of carbonyl (C=O) groups is 1. The summed E-state index contributed by atoms with van der Waals surface area (Å²) in [6, 6.07) is 0. The molecule has 2 nitrogen and oxygen atoms in total. The van der Waals surface area contributed by atoms with E-state index in [2.05, 4.69) is 5.32 Å². The van der Waals surface area contributed by atoms with Crippen LogP contribution in [0.25, 0.3) is 0 Å². The number of carbonyl (C=O) groups excluding carboxylic acids is 1. The van der Waals surface area contributed by atoms with Crippen LogP contribution in [0.3, 0.4) is 0 Å². The largest absolute Gasteiger partial charge is 0.354 e. The van der Waals surface area contributed by atoms with Crippen molar-refractivity contribution < 1.29 is 4.79 Å². The van der Waals surface area contributed by atoms with Crippen molar-refractivity contribution in [3.63, 3.8) is 0 Å². The lowest BCUT2D eigenvalue weighted by Gasteiger charge is -2.12. The third-order valence-corrected chi connectivity index (χ3v) is 3.33. The molecular formula is C10H16ClNO. The summed E-state index contributed by atoms with van der Waals surface area (Å²) in [4.78, 5) is 11.5. The topological polar surface area (TPSA) is 29.1 Å². The van der Waals surface area contributed by atoms with Gasteiger partial charge >= 0.3 is 0 Å². The van der Waals surface area contributed by atoms with Gasteiger partial charge in [0.2, 0.25) is 5.91 Å². The maximum absolute atomic E-state index is 11.5. The van der Waals surface area contributed by atoms with Crippen molar-refractivity contribution >= 4 is 17.5 Å². The van der Waals surface area contributed by atoms with Crippen LogP contribution in [0.15, 0.2) is 0 Å². The second-order valence-electron chi connectivity index (χ2n) is 4.45. The highest BCUT2D eigenvalue weighted by atomic mass is 35.5. The Morgan fingerprint density at radius 3 is 2.62 bits per heavy atom. The van der Waals surface area contributed by atoms with E-state index >= 15 is 0 Å². The van der Waals surface area contributed by atoms with Crippen molar-refractivity contribution in [2.75, 3.05) is 6.54 Å². The summed E-state index contributed by atoms with van der Waals surface area (Å²) in [5.74, 6) is 2.27. The van der Waals surface area contributed by atoms with Crippen LogP contribution < -0.4 is 5.32 Å². The van der Waals surface area contributed by atoms with Crippen LogP contribution in [0.1, 0.15) is 26.2 Å². The molecule has 3 unspecified atom stereocenters. The summed E-state index contributed by atoms with van der Waals surface area (Å²) in [5, 5.41) is 2.94. The molecule has 0 spiro atoms. The molecule has 0 aromatic rings. The molecule has 1 N–H and O–H groups in total. The van der Waals surface area contributed by atoms with Gasteiger partial charge in [-0.25, -0.2) is 0 Å². The fraction of sp³-hybridized carbons (Fsp3) is 0.900. The quantitative estimate of drug-likeness (QED) is 0.693. The Labute approximate surface area is 84.0 Å². The Kier molecular flexibility index (Phi) is 2.50. The van der Waals surface area contributed by atoms with Crippen LogP contribution in [-0.4, -0.2) is 17.8 Å². The molecule has 3 atom stereocenters. The van der Waals surface area contributed by atoms with E-state index in [1.165, 1.54) is 6.42 Å². The normalized spacial score (nSPS) is 38.2. The zero-order valence-electron chi connectivity index (χ0n) is 7.92. The average molecular weight is 202 g/mol. The van der Waals surface area contributed by atoms with Crippen molar-refractivity contribution in [1.82, 2.24) is 5.32 Å². The van der Waals surface area contributed by atoms with E-state index in [0.29, 0.717) is 12.5 Å². The van der Waals surface area contributed by atoms with Gasteiger partial charge in [-0.3, -0.25) is 4.79 Å². The van der Waals surface area contributed by atoms with E-state index in [1.54, 1.807) is 0 Å². The Balaban J connectivity index is 1.71.